The number of anilines is 1. The van der Waals surface area contributed by atoms with Crippen LogP contribution >= 0.6 is 11.8 Å². The van der Waals surface area contributed by atoms with Gasteiger partial charge in [0.05, 0.1) is 25.5 Å². The number of hydrogen-bond donors (Lipinski definition) is 0. The molecule has 2 aromatic carbocycles. The van der Waals surface area contributed by atoms with Gasteiger partial charge in [-0.3, -0.25) is 4.79 Å². The smallest absolute Gasteiger partial charge is 0.277 e. The van der Waals surface area contributed by atoms with Gasteiger partial charge in [0.2, 0.25) is 5.91 Å². The van der Waals surface area contributed by atoms with Crippen LogP contribution in [0.3, 0.4) is 0 Å². The number of methoxy groups -OCH3 is 2. The van der Waals surface area contributed by atoms with Crippen molar-refractivity contribution in [3.05, 3.63) is 48.0 Å². The Kier molecular flexibility index (Phi) is 5.71. The number of fused-ring (bicyclic) bond motifs is 1. The topological polar surface area (TPSA) is 77.7 Å². The maximum absolute atomic E-state index is 12.8. The van der Waals surface area contributed by atoms with E-state index in [9.17, 15) is 4.79 Å². The minimum absolute atomic E-state index is 0.0314. The summed E-state index contributed by atoms with van der Waals surface area (Å²) in [4.78, 5) is 14.6. The SMILES string of the molecule is COc1ccc(-c2nnc(SCC(=O)N3CCCc4ccccc43)o2)c(OC)c1. The first-order valence-electron chi connectivity index (χ1n) is 9.26. The van der Waals surface area contributed by atoms with Crippen LogP contribution in [0.4, 0.5) is 5.69 Å². The summed E-state index contributed by atoms with van der Waals surface area (Å²) < 4.78 is 16.3. The highest BCUT2D eigenvalue weighted by Gasteiger charge is 2.23. The Labute approximate surface area is 173 Å². The van der Waals surface area contributed by atoms with Crippen LogP contribution in [0.25, 0.3) is 11.5 Å². The summed E-state index contributed by atoms with van der Waals surface area (Å²) in [6.07, 6.45) is 1.97. The van der Waals surface area contributed by atoms with Crippen molar-refractivity contribution in [2.45, 2.75) is 18.1 Å². The molecule has 0 radical (unpaired) electrons. The lowest BCUT2D eigenvalue weighted by Gasteiger charge is -2.29. The molecule has 8 heteroatoms. The van der Waals surface area contributed by atoms with Gasteiger partial charge < -0.3 is 18.8 Å². The molecular formula is C21H21N3O4S. The number of benzene rings is 2. The van der Waals surface area contributed by atoms with Crippen LogP contribution in [0, 0.1) is 0 Å². The van der Waals surface area contributed by atoms with Crippen molar-refractivity contribution in [2.75, 3.05) is 31.4 Å². The predicted octanol–water partition coefficient (Wildman–Crippen LogP) is 3.83. The second-order valence-electron chi connectivity index (χ2n) is 6.51. The van der Waals surface area contributed by atoms with Gasteiger partial charge in [0.1, 0.15) is 11.5 Å². The van der Waals surface area contributed by atoms with Gasteiger partial charge in [0.25, 0.3) is 11.1 Å². The highest BCUT2D eigenvalue weighted by atomic mass is 32.2. The molecule has 150 valence electrons. The molecule has 1 aliphatic heterocycles. The van der Waals surface area contributed by atoms with E-state index in [0.717, 1.165) is 25.1 Å². The van der Waals surface area contributed by atoms with E-state index in [-0.39, 0.29) is 11.7 Å². The lowest BCUT2D eigenvalue weighted by Crippen LogP contribution is -2.36. The van der Waals surface area contributed by atoms with Crippen molar-refractivity contribution in [1.82, 2.24) is 10.2 Å². The van der Waals surface area contributed by atoms with Crippen molar-refractivity contribution < 1.29 is 18.7 Å². The summed E-state index contributed by atoms with van der Waals surface area (Å²) in [5.41, 5.74) is 2.88. The minimum Gasteiger partial charge on any atom is -0.497 e. The number of amides is 1. The van der Waals surface area contributed by atoms with Gasteiger partial charge in [-0.25, -0.2) is 0 Å². The summed E-state index contributed by atoms with van der Waals surface area (Å²) in [5, 5.41) is 8.50. The van der Waals surface area contributed by atoms with E-state index < -0.39 is 0 Å². The maximum Gasteiger partial charge on any atom is 0.277 e. The highest BCUT2D eigenvalue weighted by Crippen LogP contribution is 2.34. The van der Waals surface area contributed by atoms with Gasteiger partial charge in [0.15, 0.2) is 0 Å². The van der Waals surface area contributed by atoms with Crippen LogP contribution in [-0.2, 0) is 11.2 Å². The molecule has 0 spiro atoms. The molecule has 1 aliphatic rings. The summed E-state index contributed by atoms with van der Waals surface area (Å²) in [6, 6.07) is 13.4. The van der Waals surface area contributed by atoms with E-state index in [1.807, 2.05) is 23.1 Å². The lowest BCUT2D eigenvalue weighted by molar-refractivity contribution is -0.116. The second-order valence-corrected chi connectivity index (χ2v) is 7.43. The molecule has 0 saturated heterocycles. The third kappa shape index (κ3) is 4.07. The van der Waals surface area contributed by atoms with Crippen molar-refractivity contribution in [3.8, 4) is 23.0 Å². The van der Waals surface area contributed by atoms with Gasteiger partial charge in [-0.1, -0.05) is 30.0 Å². The number of rotatable bonds is 6. The molecule has 4 rings (SSSR count). The summed E-state index contributed by atoms with van der Waals surface area (Å²) in [6.45, 7) is 0.731. The van der Waals surface area contributed by atoms with Crippen LogP contribution in [-0.4, -0.2) is 42.6 Å². The molecule has 0 aliphatic carbocycles. The zero-order chi connectivity index (χ0) is 20.2. The van der Waals surface area contributed by atoms with E-state index in [1.165, 1.54) is 17.3 Å². The van der Waals surface area contributed by atoms with Crippen LogP contribution in [0.2, 0.25) is 0 Å². The maximum atomic E-state index is 12.8. The molecular weight excluding hydrogens is 390 g/mol. The number of nitrogens with zero attached hydrogens (tertiary/aromatic N) is 3. The molecule has 29 heavy (non-hydrogen) atoms. The second kappa shape index (κ2) is 8.57. The quantitative estimate of drug-likeness (QED) is 0.571. The van der Waals surface area contributed by atoms with Crippen molar-refractivity contribution >= 4 is 23.4 Å². The van der Waals surface area contributed by atoms with Gasteiger partial charge in [0, 0.05) is 18.3 Å². The number of ether oxygens (including phenoxy) is 2. The van der Waals surface area contributed by atoms with Crippen molar-refractivity contribution in [2.24, 2.45) is 0 Å². The van der Waals surface area contributed by atoms with E-state index in [1.54, 1.807) is 32.4 Å². The first-order valence-corrected chi connectivity index (χ1v) is 10.2. The standard InChI is InChI=1S/C21H21N3O4S/c1-26-15-9-10-16(18(12-15)27-2)20-22-23-21(28-20)29-13-19(25)24-11-5-7-14-6-3-4-8-17(14)24/h3-4,6,8-10,12H,5,7,11,13H2,1-2H3. The van der Waals surface area contributed by atoms with Crippen LogP contribution < -0.4 is 14.4 Å². The third-order valence-corrected chi connectivity index (χ3v) is 5.58. The van der Waals surface area contributed by atoms with Gasteiger partial charge >= 0.3 is 0 Å². The Morgan fingerprint density at radius 3 is 2.86 bits per heavy atom. The molecule has 0 atom stereocenters. The molecule has 0 saturated carbocycles. The molecule has 7 nitrogen and oxygen atoms in total. The first kappa shape index (κ1) is 19.3. The van der Waals surface area contributed by atoms with E-state index in [4.69, 9.17) is 13.9 Å². The number of aromatic nitrogens is 2. The Morgan fingerprint density at radius 2 is 2.03 bits per heavy atom. The molecule has 0 N–H and O–H groups in total. The van der Waals surface area contributed by atoms with Crippen LogP contribution in [0.15, 0.2) is 52.1 Å². The molecule has 3 aromatic rings. The largest absolute Gasteiger partial charge is 0.497 e. The number of aryl methyl sites for hydroxylation is 1. The molecule has 2 heterocycles. The van der Waals surface area contributed by atoms with E-state index in [2.05, 4.69) is 16.3 Å². The van der Waals surface area contributed by atoms with Crippen LogP contribution in [0.5, 0.6) is 11.5 Å². The fourth-order valence-electron chi connectivity index (χ4n) is 3.35. The van der Waals surface area contributed by atoms with Crippen LogP contribution in [0.1, 0.15) is 12.0 Å². The summed E-state index contributed by atoms with van der Waals surface area (Å²) in [5.74, 6) is 1.85. The van der Waals surface area contributed by atoms with Gasteiger partial charge in [-0.05, 0) is 36.6 Å². The zero-order valence-electron chi connectivity index (χ0n) is 16.3. The number of hydrogen-bond acceptors (Lipinski definition) is 7. The normalized spacial score (nSPS) is 13.1. The Hall–Kier alpha value is -3.00. The number of carbonyl (C=O) groups is 1. The summed E-state index contributed by atoms with van der Waals surface area (Å²) >= 11 is 1.24. The van der Waals surface area contributed by atoms with E-state index in [0.29, 0.717) is 28.2 Å². The molecule has 1 aromatic heterocycles. The van der Waals surface area contributed by atoms with Gasteiger partial charge in [-0.2, -0.15) is 0 Å². The average molecular weight is 411 g/mol. The van der Waals surface area contributed by atoms with Gasteiger partial charge in [-0.15, -0.1) is 10.2 Å². The molecule has 0 unspecified atom stereocenters. The lowest BCUT2D eigenvalue weighted by atomic mass is 10.0. The molecule has 0 bridgehead atoms. The van der Waals surface area contributed by atoms with E-state index >= 15 is 0 Å². The Balaban J connectivity index is 1.45. The summed E-state index contributed by atoms with van der Waals surface area (Å²) in [7, 11) is 3.16. The molecule has 1 amide bonds. The third-order valence-electron chi connectivity index (χ3n) is 4.78. The minimum atomic E-state index is 0.0314. The molecule has 0 fully saturated rings. The zero-order valence-corrected chi connectivity index (χ0v) is 17.1. The highest BCUT2D eigenvalue weighted by molar-refractivity contribution is 7.99. The number of thioether (sulfide) groups is 1. The fourth-order valence-corrected chi connectivity index (χ4v) is 3.99. The predicted molar refractivity (Wildman–Crippen MR) is 111 cm³/mol. The Morgan fingerprint density at radius 1 is 1.17 bits per heavy atom. The number of para-hydroxylation sites is 1. The first-order chi connectivity index (χ1) is 14.2. The van der Waals surface area contributed by atoms with Crippen molar-refractivity contribution in [1.29, 1.82) is 0 Å². The van der Waals surface area contributed by atoms with Crippen molar-refractivity contribution in [3.63, 3.8) is 0 Å². The monoisotopic (exact) mass is 411 g/mol. The number of carbonyl (C=O) groups excluding carboxylic acids is 1. The average Bonchev–Trinajstić information content (AvgIpc) is 3.25. The fraction of sp³-hybridized carbons (Fsp3) is 0.286. The Bertz CT molecular complexity index is 1020.